The molecule has 1 aliphatic heterocycles. The molecule has 8 heteroatoms. The number of carbonyl (C=O) groups is 1. The number of amides is 1. The Labute approximate surface area is 150 Å². The number of aromatic nitrogens is 2. The predicted octanol–water partition coefficient (Wildman–Crippen LogP) is 2.20. The van der Waals surface area contributed by atoms with E-state index >= 15 is 0 Å². The van der Waals surface area contributed by atoms with Gasteiger partial charge >= 0.3 is 6.61 Å². The van der Waals surface area contributed by atoms with Crippen molar-refractivity contribution in [1.29, 1.82) is 0 Å². The molecule has 0 radical (unpaired) electrons. The molecule has 3 rings (SSSR count). The number of ether oxygens (including phenoxy) is 1. The van der Waals surface area contributed by atoms with Crippen molar-refractivity contribution in [2.45, 2.75) is 25.5 Å². The molecule has 0 aliphatic carbocycles. The first-order valence-corrected chi connectivity index (χ1v) is 8.48. The number of carbonyl (C=O) groups excluding carboxylic acids is 1. The Hall–Kier alpha value is -2.48. The Kier molecular flexibility index (Phi) is 5.51. The quantitative estimate of drug-likeness (QED) is 0.825. The van der Waals surface area contributed by atoms with E-state index in [9.17, 15) is 13.6 Å². The van der Waals surface area contributed by atoms with E-state index in [0.717, 1.165) is 17.7 Å². The molecule has 1 saturated heterocycles. The maximum Gasteiger partial charge on any atom is 0.387 e. The van der Waals surface area contributed by atoms with Gasteiger partial charge in [-0.15, -0.1) is 0 Å². The summed E-state index contributed by atoms with van der Waals surface area (Å²) in [5.41, 5.74) is 1.86. The van der Waals surface area contributed by atoms with E-state index in [1.807, 2.05) is 20.2 Å². The lowest BCUT2D eigenvalue weighted by Gasteiger charge is -2.21. The Bertz CT molecular complexity index is 748. The number of alkyl halides is 2. The molecule has 1 amide bonds. The lowest BCUT2D eigenvalue weighted by atomic mass is 9.90. The number of halogens is 2. The number of nitrogens with one attached hydrogen (secondary N) is 2. The van der Waals surface area contributed by atoms with Crippen LogP contribution in [0.3, 0.4) is 0 Å². The standard InChI is InChI=1S/C18H22F2N4O2/c1-11(12-3-5-14(6-4-12)26-18(19)20)23-17(25)16-9-21-8-15(16)13-7-22-24(2)10-13/h3-7,10-11,15-16,18,21H,8-9H2,1-2H3,(H,23,25)/t11?,15-,16+/m1/s1. The van der Waals surface area contributed by atoms with Crippen LogP contribution in [0.15, 0.2) is 36.7 Å². The fourth-order valence-corrected chi connectivity index (χ4v) is 3.28. The van der Waals surface area contributed by atoms with Crippen LogP contribution >= 0.6 is 0 Å². The summed E-state index contributed by atoms with van der Waals surface area (Å²) < 4.78 is 30.5. The first kappa shape index (κ1) is 18.3. The number of hydrogen-bond acceptors (Lipinski definition) is 4. The van der Waals surface area contributed by atoms with Crippen molar-refractivity contribution in [3.63, 3.8) is 0 Å². The average molecular weight is 364 g/mol. The molecule has 2 aromatic rings. The Balaban J connectivity index is 1.63. The van der Waals surface area contributed by atoms with Gasteiger partial charge < -0.3 is 15.4 Å². The molecule has 1 unspecified atom stereocenters. The lowest BCUT2D eigenvalue weighted by Crippen LogP contribution is -2.35. The molecule has 1 fully saturated rings. The predicted molar refractivity (Wildman–Crippen MR) is 91.9 cm³/mol. The third kappa shape index (κ3) is 4.19. The molecule has 2 heterocycles. The number of nitrogens with zero attached hydrogens (tertiary/aromatic N) is 2. The van der Waals surface area contributed by atoms with E-state index in [0.29, 0.717) is 6.54 Å². The third-order valence-corrected chi connectivity index (χ3v) is 4.67. The zero-order chi connectivity index (χ0) is 18.7. The molecule has 1 aromatic carbocycles. The third-order valence-electron chi connectivity index (χ3n) is 4.67. The minimum absolute atomic E-state index is 0.0377. The fraction of sp³-hybridized carbons (Fsp3) is 0.444. The monoisotopic (exact) mass is 364 g/mol. The number of aryl methyl sites for hydroxylation is 1. The van der Waals surface area contributed by atoms with Crippen molar-refractivity contribution in [3.8, 4) is 5.75 Å². The van der Waals surface area contributed by atoms with Gasteiger partial charge in [0.25, 0.3) is 0 Å². The smallest absolute Gasteiger partial charge is 0.387 e. The second-order valence-electron chi connectivity index (χ2n) is 6.50. The van der Waals surface area contributed by atoms with Crippen LogP contribution in [-0.4, -0.2) is 35.4 Å². The second-order valence-corrected chi connectivity index (χ2v) is 6.50. The van der Waals surface area contributed by atoms with Crippen LogP contribution in [0, 0.1) is 5.92 Å². The summed E-state index contributed by atoms with van der Waals surface area (Å²) in [7, 11) is 1.85. The molecule has 0 saturated carbocycles. The van der Waals surface area contributed by atoms with Gasteiger partial charge in [0.15, 0.2) is 0 Å². The van der Waals surface area contributed by atoms with Gasteiger partial charge in [0.1, 0.15) is 5.75 Å². The van der Waals surface area contributed by atoms with E-state index < -0.39 is 6.61 Å². The van der Waals surface area contributed by atoms with Crippen molar-refractivity contribution in [1.82, 2.24) is 20.4 Å². The maximum absolute atomic E-state index is 12.7. The van der Waals surface area contributed by atoms with Crippen LogP contribution in [0.1, 0.15) is 30.0 Å². The lowest BCUT2D eigenvalue weighted by molar-refractivity contribution is -0.125. The van der Waals surface area contributed by atoms with Gasteiger partial charge in [-0.25, -0.2) is 0 Å². The van der Waals surface area contributed by atoms with E-state index in [2.05, 4.69) is 20.5 Å². The zero-order valence-corrected chi connectivity index (χ0v) is 14.7. The topological polar surface area (TPSA) is 68.2 Å². The minimum atomic E-state index is -2.85. The van der Waals surface area contributed by atoms with Crippen LogP contribution in [-0.2, 0) is 11.8 Å². The first-order chi connectivity index (χ1) is 12.4. The van der Waals surface area contributed by atoms with E-state index in [1.165, 1.54) is 12.1 Å². The summed E-state index contributed by atoms with van der Waals surface area (Å²) in [4.78, 5) is 12.7. The second kappa shape index (κ2) is 7.82. The molecule has 1 aliphatic rings. The Morgan fingerprint density at radius 2 is 2.08 bits per heavy atom. The van der Waals surface area contributed by atoms with Gasteiger partial charge in [0, 0.05) is 32.3 Å². The average Bonchev–Trinajstić information content (AvgIpc) is 3.23. The molecule has 0 bridgehead atoms. The summed E-state index contributed by atoms with van der Waals surface area (Å²) in [6, 6.07) is 6.06. The summed E-state index contributed by atoms with van der Waals surface area (Å²) in [6.45, 7) is 0.358. The molecule has 26 heavy (non-hydrogen) atoms. The van der Waals surface area contributed by atoms with Crippen LogP contribution in [0.2, 0.25) is 0 Å². The maximum atomic E-state index is 12.7. The molecular weight excluding hydrogens is 342 g/mol. The van der Waals surface area contributed by atoms with Crippen LogP contribution in [0.5, 0.6) is 5.75 Å². The van der Waals surface area contributed by atoms with Crippen molar-refractivity contribution < 1.29 is 18.3 Å². The molecule has 6 nitrogen and oxygen atoms in total. The normalized spacial score (nSPS) is 21.0. The molecule has 2 N–H and O–H groups in total. The largest absolute Gasteiger partial charge is 0.435 e. The molecule has 1 aromatic heterocycles. The van der Waals surface area contributed by atoms with Gasteiger partial charge in [-0.3, -0.25) is 9.48 Å². The first-order valence-electron chi connectivity index (χ1n) is 8.48. The van der Waals surface area contributed by atoms with Gasteiger partial charge in [-0.1, -0.05) is 12.1 Å². The summed E-state index contributed by atoms with van der Waals surface area (Å²) >= 11 is 0. The van der Waals surface area contributed by atoms with Gasteiger partial charge in [-0.05, 0) is 30.2 Å². The SMILES string of the molecule is CC(NC(=O)[C@H]1CNC[C@@H]1c1cnn(C)c1)c1ccc(OC(F)F)cc1. The highest BCUT2D eigenvalue weighted by molar-refractivity contribution is 5.81. The zero-order valence-electron chi connectivity index (χ0n) is 14.7. The Morgan fingerprint density at radius 3 is 2.69 bits per heavy atom. The summed E-state index contributed by atoms with van der Waals surface area (Å²) in [5, 5.41) is 10.5. The fourth-order valence-electron chi connectivity index (χ4n) is 3.28. The van der Waals surface area contributed by atoms with Gasteiger partial charge in [0.05, 0.1) is 18.2 Å². The molecule has 140 valence electrons. The molecule has 3 atom stereocenters. The highest BCUT2D eigenvalue weighted by Crippen LogP contribution is 2.29. The Morgan fingerprint density at radius 1 is 1.35 bits per heavy atom. The van der Waals surface area contributed by atoms with Gasteiger partial charge in [0.2, 0.25) is 5.91 Å². The summed E-state index contributed by atoms with van der Waals surface area (Å²) in [5.74, 6) is -0.0380. The van der Waals surface area contributed by atoms with Crippen LogP contribution in [0.25, 0.3) is 0 Å². The number of benzene rings is 1. The molecular formula is C18H22F2N4O2. The molecule has 0 spiro atoms. The van der Waals surface area contributed by atoms with Gasteiger partial charge in [-0.2, -0.15) is 13.9 Å². The van der Waals surface area contributed by atoms with E-state index in [1.54, 1.807) is 23.0 Å². The van der Waals surface area contributed by atoms with Crippen LogP contribution < -0.4 is 15.4 Å². The van der Waals surface area contributed by atoms with Crippen LogP contribution in [0.4, 0.5) is 8.78 Å². The van der Waals surface area contributed by atoms with Crippen molar-refractivity contribution >= 4 is 5.91 Å². The van der Waals surface area contributed by atoms with Crippen molar-refractivity contribution in [2.75, 3.05) is 13.1 Å². The van der Waals surface area contributed by atoms with E-state index in [-0.39, 0.29) is 29.5 Å². The highest BCUT2D eigenvalue weighted by Gasteiger charge is 2.35. The summed E-state index contributed by atoms with van der Waals surface area (Å²) in [6.07, 6.45) is 3.73. The number of rotatable bonds is 6. The minimum Gasteiger partial charge on any atom is -0.435 e. The highest BCUT2D eigenvalue weighted by atomic mass is 19.3. The van der Waals surface area contributed by atoms with Crippen molar-refractivity contribution in [3.05, 3.63) is 47.8 Å². The van der Waals surface area contributed by atoms with E-state index in [4.69, 9.17) is 0 Å². The van der Waals surface area contributed by atoms with Crippen molar-refractivity contribution in [2.24, 2.45) is 13.0 Å². The number of hydrogen-bond donors (Lipinski definition) is 2.